The molecule has 98 valence electrons. The summed E-state index contributed by atoms with van der Waals surface area (Å²) in [6.45, 7) is 4.07. The average Bonchev–Trinajstić information content (AvgIpc) is 2.23. The summed E-state index contributed by atoms with van der Waals surface area (Å²) >= 11 is 0. The second kappa shape index (κ2) is 8.55. The summed E-state index contributed by atoms with van der Waals surface area (Å²) in [4.78, 5) is 32.1. The molecule has 6 heteroatoms. The minimum Gasteiger partial charge on any atom is -0.481 e. The lowest BCUT2D eigenvalue weighted by molar-refractivity contribution is -0.137. The van der Waals surface area contributed by atoms with Crippen molar-refractivity contribution in [1.82, 2.24) is 10.6 Å². The Hall–Kier alpha value is -1.59. The van der Waals surface area contributed by atoms with E-state index in [-0.39, 0.29) is 30.6 Å². The molecule has 0 saturated carbocycles. The van der Waals surface area contributed by atoms with Gasteiger partial charge in [-0.05, 0) is 12.3 Å². The van der Waals surface area contributed by atoms with Gasteiger partial charge in [0.05, 0.1) is 0 Å². The van der Waals surface area contributed by atoms with Crippen molar-refractivity contribution in [3.05, 3.63) is 0 Å². The smallest absolute Gasteiger partial charge is 0.303 e. The van der Waals surface area contributed by atoms with E-state index in [2.05, 4.69) is 10.6 Å². The van der Waals surface area contributed by atoms with Crippen LogP contribution in [0, 0.1) is 5.92 Å². The van der Waals surface area contributed by atoms with Crippen molar-refractivity contribution in [2.75, 3.05) is 13.1 Å². The van der Waals surface area contributed by atoms with Gasteiger partial charge in [0.2, 0.25) is 11.8 Å². The SMILES string of the molecule is CC(=O)NCCC(=O)NCC(C)CCC(=O)O. The maximum Gasteiger partial charge on any atom is 0.303 e. The molecule has 3 N–H and O–H groups in total. The van der Waals surface area contributed by atoms with Gasteiger partial charge in [0.1, 0.15) is 0 Å². The number of hydrogen-bond acceptors (Lipinski definition) is 3. The molecule has 1 unspecified atom stereocenters. The Bertz CT molecular complexity index is 279. The molecule has 0 aliphatic rings. The number of carboxylic acid groups (broad SMARTS) is 1. The molecule has 2 amide bonds. The number of carbonyl (C=O) groups excluding carboxylic acids is 2. The third-order valence-corrected chi connectivity index (χ3v) is 2.22. The van der Waals surface area contributed by atoms with Crippen LogP contribution in [0.25, 0.3) is 0 Å². The van der Waals surface area contributed by atoms with Crippen LogP contribution in [0.3, 0.4) is 0 Å². The Kier molecular flexibility index (Phi) is 7.75. The fraction of sp³-hybridized carbons (Fsp3) is 0.727. The molecule has 0 saturated heterocycles. The molecule has 17 heavy (non-hydrogen) atoms. The van der Waals surface area contributed by atoms with E-state index in [4.69, 9.17) is 5.11 Å². The summed E-state index contributed by atoms with van der Waals surface area (Å²) in [5.41, 5.74) is 0. The topological polar surface area (TPSA) is 95.5 Å². The predicted octanol–water partition coefficient (Wildman–Crippen LogP) is 0.130. The molecule has 0 rings (SSSR count). The third kappa shape index (κ3) is 10.7. The van der Waals surface area contributed by atoms with Crippen LogP contribution in [-0.4, -0.2) is 36.0 Å². The van der Waals surface area contributed by atoms with Crippen LogP contribution < -0.4 is 10.6 Å². The van der Waals surface area contributed by atoms with Crippen molar-refractivity contribution in [2.24, 2.45) is 5.92 Å². The van der Waals surface area contributed by atoms with E-state index in [9.17, 15) is 14.4 Å². The average molecular weight is 244 g/mol. The summed E-state index contributed by atoms with van der Waals surface area (Å²) in [5.74, 6) is -0.988. The number of carbonyl (C=O) groups is 3. The highest BCUT2D eigenvalue weighted by Gasteiger charge is 2.07. The van der Waals surface area contributed by atoms with Gasteiger partial charge in [0.15, 0.2) is 0 Å². The van der Waals surface area contributed by atoms with Crippen LogP contribution in [0.5, 0.6) is 0 Å². The van der Waals surface area contributed by atoms with Crippen molar-refractivity contribution in [2.45, 2.75) is 33.1 Å². The molecule has 0 spiro atoms. The van der Waals surface area contributed by atoms with Gasteiger partial charge in [-0.3, -0.25) is 14.4 Å². The second-order valence-corrected chi connectivity index (χ2v) is 4.07. The normalized spacial score (nSPS) is 11.6. The first-order valence-corrected chi connectivity index (χ1v) is 5.64. The minimum absolute atomic E-state index is 0.114. The molecular formula is C11H20N2O4. The van der Waals surface area contributed by atoms with E-state index in [0.717, 1.165) is 0 Å². The van der Waals surface area contributed by atoms with E-state index in [0.29, 0.717) is 19.5 Å². The van der Waals surface area contributed by atoms with Gasteiger partial charge in [0, 0.05) is 32.9 Å². The lowest BCUT2D eigenvalue weighted by Crippen LogP contribution is -2.32. The molecule has 0 aromatic carbocycles. The molecular weight excluding hydrogens is 224 g/mol. The first-order valence-electron chi connectivity index (χ1n) is 5.64. The Morgan fingerprint density at radius 3 is 2.35 bits per heavy atom. The van der Waals surface area contributed by atoms with Crippen LogP contribution in [0.2, 0.25) is 0 Å². The standard InChI is InChI=1S/C11H20N2O4/c1-8(3-4-11(16)17)7-13-10(15)5-6-12-9(2)14/h8H,3-7H2,1-2H3,(H,12,14)(H,13,15)(H,16,17). The quantitative estimate of drug-likeness (QED) is 0.565. The summed E-state index contributed by atoms with van der Waals surface area (Å²) in [6.07, 6.45) is 0.898. The molecule has 1 atom stereocenters. The third-order valence-electron chi connectivity index (χ3n) is 2.22. The first kappa shape index (κ1) is 15.4. The Morgan fingerprint density at radius 1 is 1.18 bits per heavy atom. The highest BCUT2D eigenvalue weighted by molar-refractivity contribution is 5.77. The molecule has 0 fully saturated rings. The summed E-state index contributed by atoms with van der Waals surface area (Å²) < 4.78 is 0. The zero-order chi connectivity index (χ0) is 13.3. The molecule has 0 aromatic rings. The van der Waals surface area contributed by atoms with E-state index < -0.39 is 5.97 Å². The molecule has 0 heterocycles. The molecule has 0 radical (unpaired) electrons. The molecule has 6 nitrogen and oxygen atoms in total. The lowest BCUT2D eigenvalue weighted by Gasteiger charge is -2.11. The van der Waals surface area contributed by atoms with Crippen LogP contribution >= 0.6 is 0 Å². The van der Waals surface area contributed by atoms with Crippen LogP contribution in [0.1, 0.15) is 33.1 Å². The highest BCUT2D eigenvalue weighted by Crippen LogP contribution is 2.03. The van der Waals surface area contributed by atoms with Crippen LogP contribution in [0.4, 0.5) is 0 Å². The van der Waals surface area contributed by atoms with Crippen molar-refractivity contribution >= 4 is 17.8 Å². The molecule has 0 aliphatic heterocycles. The summed E-state index contributed by atoms with van der Waals surface area (Å²) in [5, 5.41) is 13.7. The van der Waals surface area contributed by atoms with Gasteiger partial charge in [-0.15, -0.1) is 0 Å². The van der Waals surface area contributed by atoms with E-state index in [1.54, 1.807) is 0 Å². The van der Waals surface area contributed by atoms with E-state index in [1.807, 2.05) is 6.92 Å². The fourth-order valence-electron chi connectivity index (χ4n) is 1.20. The zero-order valence-electron chi connectivity index (χ0n) is 10.3. The maximum absolute atomic E-state index is 11.3. The number of nitrogens with one attached hydrogen (secondary N) is 2. The first-order chi connectivity index (χ1) is 7.91. The Morgan fingerprint density at radius 2 is 1.82 bits per heavy atom. The maximum atomic E-state index is 11.3. The molecule has 0 bridgehead atoms. The van der Waals surface area contributed by atoms with Crippen molar-refractivity contribution in [1.29, 1.82) is 0 Å². The summed E-state index contributed by atoms with van der Waals surface area (Å²) in [7, 11) is 0. The van der Waals surface area contributed by atoms with Gasteiger partial charge >= 0.3 is 5.97 Å². The van der Waals surface area contributed by atoms with Gasteiger partial charge in [-0.25, -0.2) is 0 Å². The number of hydrogen-bond donors (Lipinski definition) is 3. The van der Waals surface area contributed by atoms with Gasteiger partial charge in [-0.2, -0.15) is 0 Å². The number of amides is 2. The van der Waals surface area contributed by atoms with E-state index in [1.165, 1.54) is 6.92 Å². The van der Waals surface area contributed by atoms with Gasteiger partial charge in [-0.1, -0.05) is 6.92 Å². The molecule has 0 aliphatic carbocycles. The van der Waals surface area contributed by atoms with Crippen molar-refractivity contribution in [3.63, 3.8) is 0 Å². The monoisotopic (exact) mass is 244 g/mol. The number of aliphatic carboxylic acids is 1. The van der Waals surface area contributed by atoms with Crippen LogP contribution in [0.15, 0.2) is 0 Å². The molecule has 0 aromatic heterocycles. The minimum atomic E-state index is -0.825. The lowest BCUT2D eigenvalue weighted by atomic mass is 10.1. The number of rotatable bonds is 8. The van der Waals surface area contributed by atoms with E-state index >= 15 is 0 Å². The Balaban J connectivity index is 3.55. The Labute approximate surface area is 101 Å². The second-order valence-electron chi connectivity index (χ2n) is 4.07. The summed E-state index contributed by atoms with van der Waals surface area (Å²) in [6, 6.07) is 0. The highest BCUT2D eigenvalue weighted by atomic mass is 16.4. The predicted molar refractivity (Wildman–Crippen MR) is 62.3 cm³/mol. The van der Waals surface area contributed by atoms with Crippen LogP contribution in [-0.2, 0) is 14.4 Å². The largest absolute Gasteiger partial charge is 0.481 e. The van der Waals surface area contributed by atoms with Crippen molar-refractivity contribution < 1.29 is 19.5 Å². The van der Waals surface area contributed by atoms with Gasteiger partial charge < -0.3 is 15.7 Å². The van der Waals surface area contributed by atoms with Crippen molar-refractivity contribution in [3.8, 4) is 0 Å². The van der Waals surface area contributed by atoms with Gasteiger partial charge in [0.25, 0.3) is 0 Å². The fourth-order valence-corrected chi connectivity index (χ4v) is 1.20. The zero-order valence-corrected chi connectivity index (χ0v) is 10.3. The number of carboxylic acids is 1.